The minimum Gasteiger partial charge on any atom is -0.508 e. The van der Waals surface area contributed by atoms with Gasteiger partial charge in [-0.05, 0) is 29.8 Å². The number of phenols is 1. The van der Waals surface area contributed by atoms with Gasteiger partial charge in [0.25, 0.3) is 0 Å². The van der Waals surface area contributed by atoms with Crippen LogP contribution >= 0.6 is 11.3 Å². The molecule has 0 aliphatic carbocycles. The molecule has 0 aliphatic heterocycles. The molecule has 0 unspecified atom stereocenters. The number of fused-ring (bicyclic) bond motifs is 1. The Labute approximate surface area is 134 Å². The number of phenolic OH excluding ortho intramolecular Hbond substituents is 1. The topological polar surface area (TPSA) is 101 Å². The smallest absolute Gasteiger partial charge is 0.211 e. The Kier molecular flexibility index (Phi) is 3.31. The first kappa shape index (κ1) is 13.6. The molecule has 1 aromatic carbocycles. The third-order valence-electron chi connectivity index (χ3n) is 3.22. The quantitative estimate of drug-likeness (QED) is 0.592. The molecule has 3 aromatic heterocycles. The van der Waals surface area contributed by atoms with Crippen LogP contribution in [0, 0.1) is 0 Å². The highest BCUT2D eigenvalue weighted by atomic mass is 32.1. The van der Waals surface area contributed by atoms with E-state index in [1.165, 1.54) is 11.3 Å². The van der Waals surface area contributed by atoms with Crippen LogP contribution in [0.2, 0.25) is 0 Å². The number of rotatable bonds is 4. The van der Waals surface area contributed by atoms with Gasteiger partial charge in [-0.15, -0.1) is 25.5 Å². The van der Waals surface area contributed by atoms with Crippen LogP contribution in [0.4, 0.5) is 10.9 Å². The number of anilines is 2. The van der Waals surface area contributed by atoms with Gasteiger partial charge in [0, 0.05) is 6.42 Å². The summed E-state index contributed by atoms with van der Waals surface area (Å²) in [7, 11) is 0. The summed E-state index contributed by atoms with van der Waals surface area (Å²) in [5.41, 5.74) is 3.33. The number of nitrogens with zero attached hydrogens (tertiary/aromatic N) is 6. The minimum atomic E-state index is 0.238. The second-order valence-corrected chi connectivity index (χ2v) is 5.65. The Bertz CT molecular complexity index is 934. The van der Waals surface area contributed by atoms with Crippen LogP contribution in [-0.4, -0.2) is 35.1 Å². The lowest BCUT2D eigenvalue weighted by Gasteiger charge is -2.03. The normalized spacial score (nSPS) is 11.0. The summed E-state index contributed by atoms with van der Waals surface area (Å²) >= 11 is 1.40. The average Bonchev–Trinajstić information content (AvgIpc) is 3.20. The van der Waals surface area contributed by atoms with Gasteiger partial charge in [-0.1, -0.05) is 23.5 Å². The number of aromatic nitrogens is 6. The molecule has 0 atom stereocenters. The first-order valence-corrected chi connectivity index (χ1v) is 7.68. The maximum absolute atomic E-state index is 9.35. The zero-order chi connectivity index (χ0) is 15.6. The monoisotopic (exact) mass is 325 g/mol. The fourth-order valence-electron chi connectivity index (χ4n) is 2.14. The lowest BCUT2D eigenvalue weighted by molar-refractivity contribution is 0.475. The molecule has 4 aromatic rings. The van der Waals surface area contributed by atoms with Crippen molar-refractivity contribution < 1.29 is 5.11 Å². The summed E-state index contributed by atoms with van der Waals surface area (Å²) in [4.78, 5) is 0. The minimum absolute atomic E-state index is 0.238. The van der Waals surface area contributed by atoms with Gasteiger partial charge in [-0.25, -0.2) is 0 Å². The molecule has 9 heteroatoms. The van der Waals surface area contributed by atoms with E-state index in [0.29, 0.717) is 28.8 Å². The molecule has 0 saturated heterocycles. The Morgan fingerprint density at radius 2 is 1.91 bits per heavy atom. The number of benzene rings is 1. The van der Waals surface area contributed by atoms with Crippen LogP contribution in [0.3, 0.4) is 0 Å². The number of hydrogen-bond donors (Lipinski definition) is 2. The summed E-state index contributed by atoms with van der Waals surface area (Å²) in [5.74, 6) is 1.59. The molecule has 2 N–H and O–H groups in total. The second-order valence-electron chi connectivity index (χ2n) is 4.82. The van der Waals surface area contributed by atoms with E-state index in [1.807, 2.05) is 24.3 Å². The fourth-order valence-corrected chi connectivity index (χ4v) is 2.60. The predicted octanol–water partition coefficient (Wildman–Crippen LogP) is 2.02. The van der Waals surface area contributed by atoms with E-state index in [-0.39, 0.29) is 5.75 Å². The molecule has 23 heavy (non-hydrogen) atoms. The summed E-state index contributed by atoms with van der Waals surface area (Å²) in [5, 5.41) is 33.6. The molecule has 0 radical (unpaired) electrons. The maximum atomic E-state index is 9.35. The molecular weight excluding hydrogens is 314 g/mol. The van der Waals surface area contributed by atoms with Crippen molar-refractivity contribution >= 4 is 27.9 Å². The average molecular weight is 325 g/mol. The molecule has 0 bridgehead atoms. The SMILES string of the molecule is Oc1ccc(Cc2nnc3ccc(Nc4nncs4)nn23)cc1. The highest BCUT2D eigenvalue weighted by molar-refractivity contribution is 7.13. The molecule has 8 nitrogen and oxygen atoms in total. The second kappa shape index (κ2) is 5.61. The lowest BCUT2D eigenvalue weighted by atomic mass is 10.1. The molecule has 0 spiro atoms. The first-order chi connectivity index (χ1) is 11.3. The highest BCUT2D eigenvalue weighted by Crippen LogP contribution is 2.17. The van der Waals surface area contributed by atoms with E-state index in [0.717, 1.165) is 5.56 Å². The van der Waals surface area contributed by atoms with Crippen LogP contribution < -0.4 is 5.32 Å². The van der Waals surface area contributed by atoms with Crippen LogP contribution in [0.25, 0.3) is 5.65 Å². The van der Waals surface area contributed by atoms with Crippen molar-refractivity contribution in [2.24, 2.45) is 0 Å². The molecule has 0 saturated carbocycles. The zero-order valence-electron chi connectivity index (χ0n) is 11.8. The van der Waals surface area contributed by atoms with E-state index in [4.69, 9.17) is 0 Å². The predicted molar refractivity (Wildman–Crippen MR) is 84.9 cm³/mol. The van der Waals surface area contributed by atoms with Gasteiger partial charge in [-0.2, -0.15) is 4.52 Å². The Morgan fingerprint density at radius 1 is 1.04 bits per heavy atom. The van der Waals surface area contributed by atoms with Crippen molar-refractivity contribution in [1.82, 2.24) is 30.0 Å². The van der Waals surface area contributed by atoms with Crippen LogP contribution in [-0.2, 0) is 6.42 Å². The Morgan fingerprint density at radius 3 is 2.70 bits per heavy atom. The van der Waals surface area contributed by atoms with Crippen molar-refractivity contribution in [2.45, 2.75) is 6.42 Å². The van der Waals surface area contributed by atoms with Gasteiger partial charge in [0.15, 0.2) is 17.3 Å². The van der Waals surface area contributed by atoms with Gasteiger partial charge < -0.3 is 10.4 Å². The van der Waals surface area contributed by atoms with Gasteiger partial charge in [0.1, 0.15) is 11.3 Å². The molecule has 114 valence electrons. The molecule has 0 fully saturated rings. The van der Waals surface area contributed by atoms with Gasteiger partial charge in [0.2, 0.25) is 5.13 Å². The largest absolute Gasteiger partial charge is 0.508 e. The Hall–Kier alpha value is -3.07. The maximum Gasteiger partial charge on any atom is 0.211 e. The van der Waals surface area contributed by atoms with Gasteiger partial charge in [-0.3, -0.25) is 0 Å². The summed E-state index contributed by atoms with van der Waals surface area (Å²) < 4.78 is 1.69. The number of hydrogen-bond acceptors (Lipinski definition) is 8. The molecule has 3 heterocycles. The van der Waals surface area contributed by atoms with Crippen molar-refractivity contribution in [3.05, 3.63) is 53.3 Å². The van der Waals surface area contributed by atoms with Crippen molar-refractivity contribution in [3.8, 4) is 5.75 Å². The number of aromatic hydroxyl groups is 1. The zero-order valence-corrected chi connectivity index (χ0v) is 12.6. The van der Waals surface area contributed by atoms with E-state index in [2.05, 4.69) is 30.8 Å². The van der Waals surface area contributed by atoms with Crippen LogP contribution in [0.5, 0.6) is 5.75 Å². The summed E-state index contributed by atoms with van der Waals surface area (Å²) in [6.45, 7) is 0. The molecule has 0 amide bonds. The molecular formula is C14H11N7OS. The Balaban J connectivity index is 1.65. The molecule has 4 rings (SSSR count). The van der Waals surface area contributed by atoms with E-state index in [1.54, 1.807) is 22.2 Å². The third-order valence-corrected chi connectivity index (χ3v) is 3.83. The standard InChI is InChI=1S/C14H11N7OS/c22-10-3-1-9(2-4-10)7-13-18-17-12-6-5-11(20-21(12)13)16-14-19-15-8-23-14/h1-6,8,22H,7H2,(H,16,19,20). The van der Waals surface area contributed by atoms with Crippen LogP contribution in [0.1, 0.15) is 11.4 Å². The summed E-state index contributed by atoms with van der Waals surface area (Å²) in [6.07, 6.45) is 0.566. The van der Waals surface area contributed by atoms with E-state index >= 15 is 0 Å². The lowest BCUT2D eigenvalue weighted by Crippen LogP contribution is -2.03. The fraction of sp³-hybridized carbons (Fsp3) is 0.0714. The molecule has 0 aliphatic rings. The van der Waals surface area contributed by atoms with Crippen molar-refractivity contribution in [1.29, 1.82) is 0 Å². The van der Waals surface area contributed by atoms with Crippen molar-refractivity contribution in [2.75, 3.05) is 5.32 Å². The van der Waals surface area contributed by atoms with E-state index in [9.17, 15) is 5.11 Å². The van der Waals surface area contributed by atoms with Gasteiger partial charge >= 0.3 is 0 Å². The van der Waals surface area contributed by atoms with Crippen LogP contribution in [0.15, 0.2) is 41.9 Å². The summed E-state index contributed by atoms with van der Waals surface area (Å²) in [6, 6.07) is 10.6. The van der Waals surface area contributed by atoms with Gasteiger partial charge in [0.05, 0.1) is 0 Å². The van der Waals surface area contributed by atoms with E-state index < -0.39 is 0 Å². The van der Waals surface area contributed by atoms with Crippen molar-refractivity contribution in [3.63, 3.8) is 0 Å². The first-order valence-electron chi connectivity index (χ1n) is 6.80. The highest BCUT2D eigenvalue weighted by Gasteiger charge is 2.09. The number of nitrogens with one attached hydrogen (secondary N) is 1. The third kappa shape index (κ3) is 2.81.